The Labute approximate surface area is 136 Å². The molecule has 23 heavy (non-hydrogen) atoms. The summed E-state index contributed by atoms with van der Waals surface area (Å²) in [7, 11) is -3.22. The number of nitrogens with one attached hydrogen (secondary N) is 1. The van der Waals surface area contributed by atoms with Crippen LogP contribution in [0.2, 0.25) is 0 Å². The first kappa shape index (κ1) is 18.9. The van der Waals surface area contributed by atoms with Gasteiger partial charge in [0.15, 0.2) is 9.84 Å². The Hall–Kier alpha value is -2.19. The third-order valence-electron chi connectivity index (χ3n) is 2.75. The third-order valence-corrected chi connectivity index (χ3v) is 3.57. The molecule has 0 saturated carbocycles. The number of nitrogens with zero attached hydrogens (tertiary/aromatic N) is 2. The molecule has 0 aliphatic carbocycles. The van der Waals surface area contributed by atoms with Gasteiger partial charge in [-0.2, -0.15) is 0 Å². The van der Waals surface area contributed by atoms with Gasteiger partial charge >= 0.3 is 0 Å². The van der Waals surface area contributed by atoms with Crippen molar-refractivity contribution in [2.45, 2.75) is 6.54 Å². The minimum atomic E-state index is -3.22. The molecular weight excluding hydrogens is 316 g/mol. The van der Waals surface area contributed by atoms with E-state index in [0.717, 1.165) is 11.8 Å². The summed E-state index contributed by atoms with van der Waals surface area (Å²) in [5.74, 6) is 0.208. The maximum atomic E-state index is 11.4. The van der Waals surface area contributed by atoms with E-state index in [9.17, 15) is 8.42 Å². The number of benzene rings is 1. The second-order valence-corrected chi connectivity index (χ2v) is 7.10. The molecule has 0 saturated heterocycles. The zero-order valence-corrected chi connectivity index (χ0v) is 13.9. The first-order valence-corrected chi connectivity index (χ1v) is 8.98. The van der Waals surface area contributed by atoms with Crippen molar-refractivity contribution in [1.82, 2.24) is 5.32 Å². The van der Waals surface area contributed by atoms with Crippen LogP contribution in [0.5, 0.6) is 0 Å². The minimum Gasteiger partial charge on any atom is -0.399 e. The van der Waals surface area contributed by atoms with Crippen molar-refractivity contribution in [2.24, 2.45) is 9.98 Å². The summed E-state index contributed by atoms with van der Waals surface area (Å²) in [5.41, 5.74) is 7.54. The Morgan fingerprint density at radius 2 is 2.04 bits per heavy atom. The minimum absolute atomic E-state index is 0.0718. The van der Waals surface area contributed by atoms with E-state index in [0.29, 0.717) is 24.6 Å². The fourth-order valence-corrected chi connectivity index (χ4v) is 2.41. The quantitative estimate of drug-likeness (QED) is 0.360. The number of nitrogen functional groups attached to an aromatic ring is 1. The van der Waals surface area contributed by atoms with Gasteiger partial charge in [0, 0.05) is 24.6 Å². The van der Waals surface area contributed by atoms with Crippen molar-refractivity contribution in [3.63, 3.8) is 0 Å². The predicted molar refractivity (Wildman–Crippen MR) is 94.4 cm³/mol. The summed E-state index contributed by atoms with van der Waals surface area (Å²) in [6.45, 7) is 3.98. The molecule has 0 radical (unpaired) electrons. The Morgan fingerprint density at radius 3 is 2.57 bits per heavy atom. The summed E-state index contributed by atoms with van der Waals surface area (Å²) < 4.78 is 22.7. The second kappa shape index (κ2) is 9.06. The molecule has 0 spiro atoms. The number of anilines is 1. The summed E-state index contributed by atoms with van der Waals surface area (Å²) >= 11 is 0. The summed E-state index contributed by atoms with van der Waals surface area (Å²) in [6, 6.07) is 7.27. The summed E-state index contributed by atoms with van der Waals surface area (Å²) in [6.07, 6.45) is 2.64. The van der Waals surface area contributed by atoms with E-state index in [1.165, 1.54) is 6.08 Å². The Bertz CT molecular complexity index is 679. The number of aliphatic imine (C=N–C) groups is 2. The van der Waals surface area contributed by atoms with E-state index in [1.807, 2.05) is 12.1 Å². The van der Waals surface area contributed by atoms with Crippen LogP contribution in [0.4, 0.5) is 5.69 Å². The van der Waals surface area contributed by atoms with Crippen molar-refractivity contribution >= 4 is 28.1 Å². The Kier molecular flexibility index (Phi) is 7.43. The van der Waals surface area contributed by atoms with Gasteiger partial charge in [0.1, 0.15) is 5.84 Å². The molecule has 1 aromatic carbocycles. The summed E-state index contributed by atoms with van der Waals surface area (Å²) in [5, 5.41) is 11.8. The van der Waals surface area contributed by atoms with Gasteiger partial charge in [0.25, 0.3) is 0 Å². The smallest absolute Gasteiger partial charge is 0.153 e. The van der Waals surface area contributed by atoms with E-state index in [2.05, 4.69) is 22.0 Å². The van der Waals surface area contributed by atoms with Crippen LogP contribution < -0.4 is 11.1 Å². The molecule has 7 nitrogen and oxygen atoms in total. The molecule has 0 bridgehead atoms. The molecule has 126 valence electrons. The van der Waals surface area contributed by atoms with E-state index in [-0.39, 0.29) is 18.1 Å². The summed E-state index contributed by atoms with van der Waals surface area (Å²) in [4.78, 5) is 8.09. The lowest BCUT2D eigenvalue weighted by atomic mass is 10.2. The molecule has 0 aromatic heterocycles. The van der Waals surface area contributed by atoms with Crippen LogP contribution in [0.15, 0.2) is 46.0 Å². The molecule has 4 N–H and O–H groups in total. The molecule has 1 aromatic rings. The molecule has 0 unspecified atom stereocenters. The average molecular weight is 338 g/mol. The van der Waals surface area contributed by atoms with Gasteiger partial charge < -0.3 is 16.2 Å². The van der Waals surface area contributed by atoms with Gasteiger partial charge in [-0.05, 0) is 24.4 Å². The Morgan fingerprint density at radius 1 is 1.39 bits per heavy atom. The van der Waals surface area contributed by atoms with E-state index < -0.39 is 9.84 Å². The molecule has 0 atom stereocenters. The predicted octanol–water partition coefficient (Wildman–Crippen LogP) is 0.378. The first-order valence-electron chi connectivity index (χ1n) is 6.92. The van der Waals surface area contributed by atoms with Crippen LogP contribution in [-0.4, -0.2) is 51.2 Å². The zero-order valence-electron chi connectivity index (χ0n) is 13.1. The van der Waals surface area contributed by atoms with Gasteiger partial charge in [-0.1, -0.05) is 12.1 Å². The van der Waals surface area contributed by atoms with Crippen LogP contribution in [0.25, 0.3) is 0 Å². The van der Waals surface area contributed by atoms with E-state index in [1.54, 1.807) is 12.1 Å². The van der Waals surface area contributed by atoms with E-state index >= 15 is 0 Å². The van der Waals surface area contributed by atoms with Crippen molar-refractivity contribution in [2.75, 3.05) is 30.9 Å². The number of sulfone groups is 1. The maximum Gasteiger partial charge on any atom is 0.153 e. The highest BCUT2D eigenvalue weighted by molar-refractivity contribution is 7.90. The molecule has 0 amide bonds. The van der Waals surface area contributed by atoms with Crippen molar-refractivity contribution in [3.8, 4) is 0 Å². The Balaban J connectivity index is 2.94. The average Bonchev–Trinajstić information content (AvgIpc) is 2.49. The highest BCUT2D eigenvalue weighted by atomic mass is 32.2. The largest absolute Gasteiger partial charge is 0.399 e. The first-order chi connectivity index (χ1) is 10.8. The third kappa shape index (κ3) is 8.12. The lowest BCUT2D eigenvalue weighted by Crippen LogP contribution is -2.25. The van der Waals surface area contributed by atoms with Gasteiger partial charge in [-0.15, -0.1) is 0 Å². The van der Waals surface area contributed by atoms with Crippen molar-refractivity contribution in [1.29, 1.82) is 0 Å². The standard InChI is InChI=1S/C15H22N4O3S/c1-17-14(11-23(2,21)22)9-15(18-7-8-20)19-10-12-3-5-13(16)6-4-12/h3-6,9,20H,1,7-8,10-11,16H2,2H3,(H,18,19)/b14-9-. The highest BCUT2D eigenvalue weighted by Crippen LogP contribution is 2.07. The molecular formula is C15H22N4O3S. The van der Waals surface area contributed by atoms with Crippen molar-refractivity contribution in [3.05, 3.63) is 41.6 Å². The number of nitrogens with two attached hydrogens (primary N) is 1. The maximum absolute atomic E-state index is 11.4. The second-order valence-electron chi connectivity index (χ2n) is 4.96. The molecule has 8 heteroatoms. The van der Waals surface area contributed by atoms with Crippen molar-refractivity contribution < 1.29 is 13.5 Å². The number of hydrogen-bond acceptors (Lipinski definition) is 6. The van der Waals surface area contributed by atoms with Gasteiger partial charge in [0.05, 0.1) is 24.6 Å². The van der Waals surface area contributed by atoms with Crippen LogP contribution >= 0.6 is 0 Å². The fraction of sp³-hybridized carbons (Fsp3) is 0.333. The number of aliphatic hydroxyl groups excluding tert-OH is 1. The molecule has 0 fully saturated rings. The number of amidine groups is 1. The number of rotatable bonds is 8. The normalized spacial score (nSPS) is 13.0. The number of aliphatic hydroxyl groups is 1. The molecule has 0 aliphatic heterocycles. The van der Waals surface area contributed by atoms with Crippen LogP contribution in [0, 0.1) is 0 Å². The highest BCUT2D eigenvalue weighted by Gasteiger charge is 2.07. The van der Waals surface area contributed by atoms with Crippen LogP contribution in [0.3, 0.4) is 0 Å². The van der Waals surface area contributed by atoms with Crippen LogP contribution in [-0.2, 0) is 16.4 Å². The monoisotopic (exact) mass is 338 g/mol. The number of hydrogen-bond donors (Lipinski definition) is 3. The lowest BCUT2D eigenvalue weighted by molar-refractivity contribution is 0.300. The van der Waals surface area contributed by atoms with E-state index in [4.69, 9.17) is 10.8 Å². The zero-order chi connectivity index (χ0) is 17.3. The topological polar surface area (TPSA) is 117 Å². The molecule has 1 rings (SSSR count). The van der Waals surface area contributed by atoms with Crippen LogP contribution in [0.1, 0.15) is 5.56 Å². The lowest BCUT2D eigenvalue weighted by Gasteiger charge is -2.07. The molecule has 0 aliphatic rings. The molecule has 0 heterocycles. The SMILES string of the molecule is C=N/C(=C\C(=N/Cc1ccc(N)cc1)NCCO)CS(C)(=O)=O. The van der Waals surface area contributed by atoms with Gasteiger partial charge in [0.2, 0.25) is 0 Å². The van der Waals surface area contributed by atoms with Gasteiger partial charge in [-0.25, -0.2) is 8.42 Å². The van der Waals surface area contributed by atoms with Gasteiger partial charge in [-0.3, -0.25) is 9.98 Å². The fourth-order valence-electron chi connectivity index (χ4n) is 1.70.